The van der Waals surface area contributed by atoms with Crippen molar-refractivity contribution in [3.63, 3.8) is 0 Å². The van der Waals surface area contributed by atoms with Gasteiger partial charge in [-0.2, -0.15) is 0 Å². The van der Waals surface area contributed by atoms with E-state index in [2.05, 4.69) is 18.4 Å². The Kier molecular flexibility index (Phi) is 3.60. The molecule has 0 spiro atoms. The second-order valence-corrected chi connectivity index (χ2v) is 3.71. The maximum absolute atomic E-state index is 8.57. The Morgan fingerprint density at radius 1 is 1.45 bits per heavy atom. The van der Waals surface area contributed by atoms with Crippen LogP contribution < -0.4 is 0 Å². The van der Waals surface area contributed by atoms with Gasteiger partial charge in [-0.1, -0.05) is 0 Å². The molecule has 0 saturated carbocycles. The van der Waals surface area contributed by atoms with E-state index < -0.39 is 0 Å². The van der Waals surface area contributed by atoms with Crippen LogP contribution >= 0.6 is 11.3 Å². The first-order chi connectivity index (χ1) is 5.34. The maximum atomic E-state index is 8.57. The van der Waals surface area contributed by atoms with Crippen molar-refractivity contribution < 1.29 is 5.11 Å². The third-order valence-electron chi connectivity index (χ3n) is 1.78. The van der Waals surface area contributed by atoms with Crippen LogP contribution in [0.2, 0.25) is 0 Å². The van der Waals surface area contributed by atoms with E-state index in [1.54, 1.807) is 0 Å². The fourth-order valence-electron chi connectivity index (χ4n) is 1.06. The van der Waals surface area contributed by atoms with Gasteiger partial charge in [-0.05, 0) is 43.2 Å². The second kappa shape index (κ2) is 4.52. The molecule has 0 atom stereocenters. The van der Waals surface area contributed by atoms with Gasteiger partial charge < -0.3 is 5.11 Å². The highest BCUT2D eigenvalue weighted by Gasteiger charge is 1.97. The zero-order chi connectivity index (χ0) is 8.10. The van der Waals surface area contributed by atoms with Crippen LogP contribution in [0, 0.1) is 6.92 Å². The molecule has 1 aromatic heterocycles. The SMILES string of the molecule is Cc1ccsc1CCCCO. The summed E-state index contributed by atoms with van der Waals surface area (Å²) in [5.41, 5.74) is 1.40. The molecule has 0 aliphatic rings. The fraction of sp³-hybridized carbons (Fsp3) is 0.556. The van der Waals surface area contributed by atoms with Crippen LogP contribution in [0.5, 0.6) is 0 Å². The van der Waals surface area contributed by atoms with E-state index in [1.807, 2.05) is 11.3 Å². The van der Waals surface area contributed by atoms with Crippen LogP contribution in [-0.4, -0.2) is 11.7 Å². The zero-order valence-electron chi connectivity index (χ0n) is 6.84. The van der Waals surface area contributed by atoms with Crippen molar-refractivity contribution in [3.05, 3.63) is 21.9 Å². The van der Waals surface area contributed by atoms with Gasteiger partial charge in [0.15, 0.2) is 0 Å². The number of aliphatic hydroxyl groups is 1. The smallest absolute Gasteiger partial charge is 0.0431 e. The average molecular weight is 170 g/mol. The van der Waals surface area contributed by atoms with Crippen molar-refractivity contribution in [2.45, 2.75) is 26.2 Å². The number of hydrogen-bond donors (Lipinski definition) is 1. The van der Waals surface area contributed by atoms with Gasteiger partial charge >= 0.3 is 0 Å². The highest BCUT2D eigenvalue weighted by atomic mass is 32.1. The first kappa shape index (κ1) is 8.75. The Bertz CT molecular complexity index is 205. The van der Waals surface area contributed by atoms with Crippen molar-refractivity contribution in [1.29, 1.82) is 0 Å². The minimum Gasteiger partial charge on any atom is -0.396 e. The van der Waals surface area contributed by atoms with Gasteiger partial charge in [0.05, 0.1) is 0 Å². The molecule has 0 radical (unpaired) electrons. The monoisotopic (exact) mass is 170 g/mol. The topological polar surface area (TPSA) is 20.2 Å². The summed E-state index contributed by atoms with van der Waals surface area (Å²) in [7, 11) is 0. The minimum absolute atomic E-state index is 0.324. The molecule has 0 bridgehead atoms. The molecule has 0 aliphatic carbocycles. The van der Waals surface area contributed by atoms with Crippen molar-refractivity contribution >= 4 is 11.3 Å². The summed E-state index contributed by atoms with van der Waals surface area (Å²) in [6.07, 6.45) is 3.17. The van der Waals surface area contributed by atoms with Crippen LogP contribution in [-0.2, 0) is 6.42 Å². The Morgan fingerprint density at radius 2 is 2.27 bits per heavy atom. The molecular formula is C9H14OS. The summed E-state index contributed by atoms with van der Waals surface area (Å²) in [5.74, 6) is 0. The second-order valence-electron chi connectivity index (χ2n) is 2.71. The lowest BCUT2D eigenvalue weighted by Crippen LogP contribution is -1.87. The summed E-state index contributed by atoms with van der Waals surface area (Å²) >= 11 is 1.82. The van der Waals surface area contributed by atoms with E-state index in [0.29, 0.717) is 6.61 Å². The van der Waals surface area contributed by atoms with Gasteiger partial charge in [-0.3, -0.25) is 0 Å². The first-order valence-corrected chi connectivity index (χ1v) is 4.86. The van der Waals surface area contributed by atoms with Crippen LogP contribution in [0.15, 0.2) is 11.4 Å². The van der Waals surface area contributed by atoms with Crippen LogP contribution in [0.3, 0.4) is 0 Å². The van der Waals surface area contributed by atoms with Gasteiger partial charge in [-0.15, -0.1) is 11.3 Å². The molecule has 0 saturated heterocycles. The fourth-order valence-corrected chi connectivity index (χ4v) is 2.01. The van der Waals surface area contributed by atoms with Gasteiger partial charge in [0.1, 0.15) is 0 Å². The van der Waals surface area contributed by atoms with Crippen LogP contribution in [0.1, 0.15) is 23.3 Å². The van der Waals surface area contributed by atoms with E-state index in [0.717, 1.165) is 19.3 Å². The molecule has 11 heavy (non-hydrogen) atoms. The summed E-state index contributed by atoms with van der Waals surface area (Å²) in [6.45, 7) is 2.47. The van der Waals surface area contributed by atoms with E-state index in [4.69, 9.17) is 5.11 Å². The Balaban J connectivity index is 2.32. The van der Waals surface area contributed by atoms with E-state index in [-0.39, 0.29) is 0 Å². The van der Waals surface area contributed by atoms with Gasteiger partial charge in [-0.25, -0.2) is 0 Å². The number of aliphatic hydroxyl groups excluding tert-OH is 1. The van der Waals surface area contributed by atoms with Crippen molar-refractivity contribution in [3.8, 4) is 0 Å². The number of hydrogen-bond acceptors (Lipinski definition) is 2. The molecule has 1 nitrogen and oxygen atoms in total. The summed E-state index contributed by atoms with van der Waals surface area (Å²) in [6, 6.07) is 2.15. The number of thiophene rings is 1. The predicted octanol–water partition coefficient (Wildman–Crippen LogP) is 2.37. The first-order valence-electron chi connectivity index (χ1n) is 3.98. The average Bonchev–Trinajstić information content (AvgIpc) is 2.37. The number of unbranched alkanes of at least 4 members (excludes halogenated alkanes) is 1. The molecule has 0 amide bonds. The normalized spacial score (nSPS) is 10.4. The Hall–Kier alpha value is -0.340. The lowest BCUT2D eigenvalue weighted by molar-refractivity contribution is 0.285. The van der Waals surface area contributed by atoms with E-state index in [1.165, 1.54) is 10.4 Å². The summed E-state index contributed by atoms with van der Waals surface area (Å²) in [4.78, 5) is 1.47. The molecule has 0 aliphatic heterocycles. The van der Waals surface area contributed by atoms with Crippen LogP contribution in [0.25, 0.3) is 0 Å². The van der Waals surface area contributed by atoms with Crippen molar-refractivity contribution in [2.24, 2.45) is 0 Å². The number of rotatable bonds is 4. The van der Waals surface area contributed by atoms with Gasteiger partial charge in [0, 0.05) is 11.5 Å². The Labute approximate surface area is 71.7 Å². The minimum atomic E-state index is 0.324. The lowest BCUT2D eigenvalue weighted by atomic mass is 10.2. The highest BCUT2D eigenvalue weighted by molar-refractivity contribution is 7.10. The predicted molar refractivity (Wildman–Crippen MR) is 49.1 cm³/mol. The molecule has 1 aromatic rings. The Morgan fingerprint density at radius 3 is 2.82 bits per heavy atom. The van der Waals surface area contributed by atoms with Gasteiger partial charge in [0.2, 0.25) is 0 Å². The lowest BCUT2D eigenvalue weighted by Gasteiger charge is -1.96. The molecule has 0 fully saturated rings. The molecule has 0 aromatic carbocycles. The maximum Gasteiger partial charge on any atom is 0.0431 e. The molecule has 1 heterocycles. The highest BCUT2D eigenvalue weighted by Crippen LogP contribution is 2.17. The van der Waals surface area contributed by atoms with Crippen LogP contribution in [0.4, 0.5) is 0 Å². The van der Waals surface area contributed by atoms with E-state index in [9.17, 15) is 0 Å². The van der Waals surface area contributed by atoms with E-state index >= 15 is 0 Å². The zero-order valence-corrected chi connectivity index (χ0v) is 7.66. The number of aryl methyl sites for hydroxylation is 2. The standard InChI is InChI=1S/C9H14OS/c1-8-5-7-11-9(8)4-2-3-6-10/h5,7,10H,2-4,6H2,1H3. The molecule has 1 N–H and O–H groups in total. The summed E-state index contributed by atoms with van der Waals surface area (Å²) in [5, 5.41) is 10.7. The molecule has 2 heteroatoms. The third kappa shape index (κ3) is 2.64. The van der Waals surface area contributed by atoms with Gasteiger partial charge in [0.25, 0.3) is 0 Å². The van der Waals surface area contributed by atoms with Crippen molar-refractivity contribution in [1.82, 2.24) is 0 Å². The van der Waals surface area contributed by atoms with Crippen molar-refractivity contribution in [2.75, 3.05) is 6.61 Å². The molecule has 62 valence electrons. The molecular weight excluding hydrogens is 156 g/mol. The summed E-state index contributed by atoms with van der Waals surface area (Å²) < 4.78 is 0. The molecule has 0 unspecified atom stereocenters. The quantitative estimate of drug-likeness (QED) is 0.688. The third-order valence-corrected chi connectivity index (χ3v) is 2.86. The molecule has 1 rings (SSSR count). The largest absolute Gasteiger partial charge is 0.396 e.